The van der Waals surface area contributed by atoms with Crippen LogP contribution < -0.4 is 41.2 Å². The molecule has 24 heteroatoms. The summed E-state index contributed by atoms with van der Waals surface area (Å²) in [4.78, 5) is 84.2. The van der Waals surface area contributed by atoms with Crippen LogP contribution in [0, 0.1) is 22.7 Å². The zero-order valence-electron chi connectivity index (χ0n) is 52.0. The molecular weight excluding hydrogens is 1130 g/mol. The number of nitrogens with two attached hydrogens (primary N) is 1. The number of quaternary nitrogens is 1. The van der Waals surface area contributed by atoms with Crippen molar-refractivity contribution in [3.05, 3.63) is 86.2 Å². The Morgan fingerprint density at radius 1 is 0.830 bits per heavy atom. The Kier molecular flexibility index (Phi) is 18.2. The molecule has 6 N–H and O–H groups in total. The molecule has 22 nitrogen and oxygen atoms in total. The van der Waals surface area contributed by atoms with Gasteiger partial charge in [-0.05, 0) is 130 Å². The Balaban J connectivity index is 0.676. The molecule has 2 aromatic carbocycles. The Hall–Kier alpha value is -8.02. The van der Waals surface area contributed by atoms with Gasteiger partial charge >= 0.3 is 6.03 Å². The summed E-state index contributed by atoms with van der Waals surface area (Å²) in [5.74, 6) is 2.83. The van der Waals surface area contributed by atoms with Crippen LogP contribution in [0.5, 0.6) is 11.5 Å². The summed E-state index contributed by atoms with van der Waals surface area (Å²) in [5.41, 5.74) is 6.34. The fourth-order valence-electron chi connectivity index (χ4n) is 14.8. The van der Waals surface area contributed by atoms with Crippen molar-refractivity contribution in [3.8, 4) is 11.5 Å². The number of piperidine rings is 3. The Morgan fingerprint density at radius 3 is 2.19 bits per heavy atom. The zero-order valence-corrected chi connectivity index (χ0v) is 52.0. The number of aryl methyl sites for hydroxylation is 2. The van der Waals surface area contributed by atoms with Crippen LogP contribution in [0.15, 0.2) is 57.7 Å². The number of aromatic nitrogens is 3. The molecule has 2 aromatic heterocycles. The number of likely N-dealkylation sites (N-methyl/N-ethyl adjacent to an activating group) is 2. The van der Waals surface area contributed by atoms with E-state index in [1.165, 1.54) is 11.6 Å². The zero-order chi connectivity index (χ0) is 62.1. The number of allylic oxidation sites excluding steroid dienone is 1. The highest BCUT2D eigenvalue weighted by molar-refractivity contribution is 6.08. The number of carbonyl (C=O) groups is 4. The molecule has 5 amide bonds. The molecule has 4 aromatic rings. The standard InChI is InChI=1S/C64H85F2N15O7/c1-39-36-74(5)62(72-57(39)71-45-29-43-31-53(88-38-54(82)69-3)61(85)75(6)55(43)52(32-45)87-7)78-22-12-41(13-23-78)60(84)77-27-19-64(20-28-77)17-10-40(11-18-64)59(83)76-24-14-46(15-25-76)81-50-16-26-79(63(86)70-4)37-49(50)58(73-81)80-21-8-9-42-30-47(44(34-67)35-68-2)48(56(65)66)33-51(42)80/h29-35,40-41,46,56,67-68,71H,8-28,36-38H2,1-7H3,(H,69,82)(H,70,86)/p+1/b44-35+,67-34?. The minimum absolute atomic E-state index is 0.0219. The van der Waals surface area contributed by atoms with E-state index in [9.17, 15) is 32.8 Å². The molecule has 7 aliphatic rings. The van der Waals surface area contributed by atoms with E-state index in [1.807, 2.05) is 32.2 Å². The van der Waals surface area contributed by atoms with Gasteiger partial charge < -0.3 is 70.1 Å². The van der Waals surface area contributed by atoms with E-state index in [1.54, 1.807) is 56.8 Å². The van der Waals surface area contributed by atoms with E-state index in [2.05, 4.69) is 45.1 Å². The molecule has 8 heterocycles. The fraction of sp³-hybridized carbons (Fsp3) is 0.562. The van der Waals surface area contributed by atoms with Crippen LogP contribution in [0.1, 0.15) is 118 Å². The molecule has 0 atom stereocenters. The fourth-order valence-corrected chi connectivity index (χ4v) is 14.8. The first-order chi connectivity index (χ1) is 42.4. The summed E-state index contributed by atoms with van der Waals surface area (Å²) in [7, 11) is 10.2. The SMILES string of the molecule is CNC(=O)COc1cc2cc(NC3=C(C)CN(C)C(N4CCC(C(=O)N5CCC6(CCC(C(=O)N7CCC(n8nc(N9CCCc%10cc(/C(C=N)=C/[NH2+]C)c(C(F)F)cc%109)c9c8CCN(C(=O)NC)C9)CC7)CC6)CC5)CC4)=N3)cc(OC)c2n(C)c1=O. The summed E-state index contributed by atoms with van der Waals surface area (Å²) >= 11 is 0. The molecule has 11 rings (SSSR count). The molecule has 1 saturated carbocycles. The van der Waals surface area contributed by atoms with Crippen LogP contribution >= 0.6 is 0 Å². The number of aliphatic imine (C=N–C) groups is 1. The molecule has 0 unspecified atom stereocenters. The first-order valence-corrected chi connectivity index (χ1v) is 31.4. The first-order valence-electron chi connectivity index (χ1n) is 31.4. The average Bonchev–Trinajstić information content (AvgIpc) is 2.04. The summed E-state index contributed by atoms with van der Waals surface area (Å²) in [6.45, 7) is 7.99. The molecule has 3 saturated heterocycles. The largest absolute Gasteiger partial charge is 0.494 e. The van der Waals surface area contributed by atoms with Gasteiger partial charge in [-0.2, -0.15) is 10.1 Å². The lowest BCUT2D eigenvalue weighted by Gasteiger charge is -2.47. The predicted molar refractivity (Wildman–Crippen MR) is 333 cm³/mol. The predicted octanol–water partition coefficient (Wildman–Crippen LogP) is 6.09. The molecule has 0 radical (unpaired) electrons. The maximum Gasteiger partial charge on any atom is 0.317 e. The topological polar surface area (TPSA) is 235 Å². The number of carbonyl (C=O) groups excluding carboxylic acids is 4. The lowest BCUT2D eigenvalue weighted by Crippen LogP contribution is -2.72. The van der Waals surface area contributed by atoms with Gasteiger partial charge in [0.25, 0.3) is 17.9 Å². The second-order valence-corrected chi connectivity index (χ2v) is 25.0. The quantitative estimate of drug-likeness (QED) is 0.0903. The third-order valence-electron chi connectivity index (χ3n) is 19.8. The Morgan fingerprint density at radius 2 is 1.53 bits per heavy atom. The second kappa shape index (κ2) is 26.0. The number of rotatable bonds is 14. The third-order valence-corrected chi connectivity index (χ3v) is 19.8. The van der Waals surface area contributed by atoms with Gasteiger partial charge in [-0.15, -0.1) is 0 Å². The molecule has 1 aliphatic carbocycles. The van der Waals surface area contributed by atoms with Crippen molar-refractivity contribution in [1.29, 1.82) is 5.41 Å². The van der Waals surface area contributed by atoms with Crippen molar-refractivity contribution in [2.24, 2.45) is 29.3 Å². The number of nitrogens with one attached hydrogen (secondary N) is 4. The Bertz CT molecular complexity index is 3510. The number of hydrogen-bond acceptors (Lipinski definition) is 14. The van der Waals surface area contributed by atoms with Crippen molar-refractivity contribution < 1.29 is 42.7 Å². The van der Waals surface area contributed by atoms with E-state index in [-0.39, 0.29) is 70.5 Å². The maximum atomic E-state index is 14.9. The van der Waals surface area contributed by atoms with E-state index in [0.717, 1.165) is 118 Å². The van der Waals surface area contributed by atoms with Gasteiger partial charge in [-0.25, -0.2) is 13.6 Å². The van der Waals surface area contributed by atoms with Gasteiger partial charge in [0.15, 0.2) is 18.2 Å². The molecule has 0 bridgehead atoms. The summed E-state index contributed by atoms with van der Waals surface area (Å²) in [6.07, 6.45) is 10.7. The van der Waals surface area contributed by atoms with Crippen LogP contribution in [0.4, 0.5) is 30.8 Å². The molecule has 1 spiro atoms. The van der Waals surface area contributed by atoms with E-state index < -0.39 is 6.43 Å². The number of fused-ring (bicyclic) bond motifs is 3. The van der Waals surface area contributed by atoms with Crippen molar-refractivity contribution in [2.45, 2.75) is 109 Å². The number of hydrogen-bond donors (Lipinski definition) is 5. The minimum Gasteiger partial charge on any atom is -0.494 e. The average molecular weight is 1220 g/mol. The monoisotopic (exact) mass is 1210 g/mol. The number of anilines is 3. The summed E-state index contributed by atoms with van der Waals surface area (Å²) < 4.78 is 44.7. The number of nitrogens with zero attached hydrogens (tertiary/aromatic N) is 10. The molecule has 88 heavy (non-hydrogen) atoms. The van der Waals surface area contributed by atoms with Crippen LogP contribution in [-0.4, -0.2) is 176 Å². The van der Waals surface area contributed by atoms with E-state index >= 15 is 0 Å². The Labute approximate surface area is 512 Å². The van der Waals surface area contributed by atoms with Gasteiger partial charge in [-0.1, -0.05) is 0 Å². The highest BCUT2D eigenvalue weighted by Crippen LogP contribution is 2.48. The van der Waals surface area contributed by atoms with Gasteiger partial charge in [-0.3, -0.25) is 23.9 Å². The number of methoxy groups -OCH3 is 1. The van der Waals surface area contributed by atoms with Gasteiger partial charge in [0.05, 0.1) is 37.8 Å². The van der Waals surface area contributed by atoms with Crippen LogP contribution in [0.25, 0.3) is 16.5 Å². The number of amides is 5. The van der Waals surface area contributed by atoms with Crippen molar-refractivity contribution in [2.75, 3.05) is 111 Å². The van der Waals surface area contributed by atoms with Gasteiger partial charge in [0.2, 0.25) is 17.8 Å². The first kappa shape index (κ1) is 61.6. The molecule has 4 fully saturated rings. The van der Waals surface area contributed by atoms with Crippen molar-refractivity contribution in [3.63, 3.8) is 0 Å². The maximum absolute atomic E-state index is 14.9. The van der Waals surface area contributed by atoms with Crippen LogP contribution in [-0.2, 0) is 40.8 Å². The van der Waals surface area contributed by atoms with Crippen LogP contribution in [0.3, 0.4) is 0 Å². The summed E-state index contributed by atoms with van der Waals surface area (Å²) in [5, 5.41) is 24.6. The van der Waals surface area contributed by atoms with E-state index in [4.69, 9.17) is 25.0 Å². The number of ether oxygens (including phenoxy) is 2. The number of pyridine rings is 1. The highest BCUT2D eigenvalue weighted by Gasteiger charge is 2.44. The number of alkyl halides is 2. The molecule has 6 aliphatic heterocycles. The smallest absolute Gasteiger partial charge is 0.317 e. The highest BCUT2D eigenvalue weighted by atomic mass is 19.3. The lowest BCUT2D eigenvalue weighted by molar-refractivity contribution is -0.555. The molecular formula is C64H86F2N15O7+. The molecule has 472 valence electrons. The summed E-state index contributed by atoms with van der Waals surface area (Å²) in [6, 6.07) is 8.61. The van der Waals surface area contributed by atoms with Crippen molar-refractivity contribution in [1.82, 2.24) is 49.5 Å². The number of urea groups is 1. The van der Waals surface area contributed by atoms with Crippen LogP contribution in [0.2, 0.25) is 0 Å². The number of halogens is 2. The number of likely N-dealkylation sites (tertiary alicyclic amines) is 3. The van der Waals surface area contributed by atoms with E-state index in [0.29, 0.717) is 116 Å². The third kappa shape index (κ3) is 12.2. The second-order valence-electron chi connectivity index (χ2n) is 25.0. The number of guanidine groups is 1. The minimum atomic E-state index is -2.75. The normalized spacial score (nSPS) is 19.7. The van der Waals surface area contributed by atoms with Crippen molar-refractivity contribution >= 4 is 69.6 Å². The van der Waals surface area contributed by atoms with Gasteiger partial charge in [0, 0.05) is 151 Å². The lowest BCUT2D eigenvalue weighted by atomic mass is 9.65. The number of benzene rings is 2. The van der Waals surface area contributed by atoms with Gasteiger partial charge in [0.1, 0.15) is 17.8 Å².